The van der Waals surface area contributed by atoms with Crippen molar-refractivity contribution in [2.45, 2.75) is 58.9 Å². The molecule has 38 heavy (non-hydrogen) atoms. The summed E-state index contributed by atoms with van der Waals surface area (Å²) in [6.07, 6.45) is 3.83. The monoisotopic (exact) mass is 512 g/mol. The van der Waals surface area contributed by atoms with Crippen molar-refractivity contribution in [3.63, 3.8) is 0 Å². The van der Waals surface area contributed by atoms with Crippen molar-refractivity contribution in [3.8, 4) is 0 Å². The first kappa shape index (κ1) is 25.8. The summed E-state index contributed by atoms with van der Waals surface area (Å²) in [5, 5.41) is 11.6. The second kappa shape index (κ2) is 9.82. The minimum atomic E-state index is -0.871. The number of carbonyl (C=O) groups excluding carboxylic acids is 2. The largest absolute Gasteiger partial charge is 0.507 e. The van der Waals surface area contributed by atoms with Crippen LogP contribution < -0.4 is 9.80 Å². The second-order valence-electron chi connectivity index (χ2n) is 11.7. The van der Waals surface area contributed by atoms with Crippen molar-refractivity contribution in [2.75, 3.05) is 22.9 Å². The maximum atomic E-state index is 13.5. The number of piperidine rings is 1. The van der Waals surface area contributed by atoms with Crippen molar-refractivity contribution >= 4 is 28.8 Å². The first-order valence-corrected chi connectivity index (χ1v) is 13.4. The molecule has 1 N–H and O–H groups in total. The van der Waals surface area contributed by atoms with E-state index in [9.17, 15) is 14.7 Å². The lowest BCUT2D eigenvalue weighted by Crippen LogP contribution is -2.33. The van der Waals surface area contributed by atoms with E-state index < -0.39 is 17.7 Å². The van der Waals surface area contributed by atoms with Gasteiger partial charge in [-0.3, -0.25) is 14.5 Å². The highest BCUT2D eigenvalue weighted by molar-refractivity contribution is 6.51. The summed E-state index contributed by atoms with van der Waals surface area (Å²) in [5.74, 6) is -0.437. The van der Waals surface area contributed by atoms with E-state index in [1.807, 2.05) is 49.4 Å². The Morgan fingerprint density at radius 3 is 2.24 bits per heavy atom. The molecule has 0 spiro atoms. The van der Waals surface area contributed by atoms with Crippen molar-refractivity contribution in [2.24, 2.45) is 5.92 Å². The summed E-state index contributed by atoms with van der Waals surface area (Å²) >= 11 is 0. The van der Waals surface area contributed by atoms with Crippen LogP contribution in [0.2, 0.25) is 0 Å². The minimum Gasteiger partial charge on any atom is -0.507 e. The molecule has 6 nitrogen and oxygen atoms in total. The fourth-order valence-corrected chi connectivity index (χ4v) is 5.39. The zero-order chi connectivity index (χ0) is 27.2. The fraction of sp³-hybridized carbons (Fsp3) is 0.375. The number of amides is 1. The molecule has 1 aromatic heterocycles. The molecule has 198 valence electrons. The van der Waals surface area contributed by atoms with Crippen LogP contribution in [0.5, 0.6) is 0 Å². The Bertz CT molecular complexity index is 1370. The zero-order valence-corrected chi connectivity index (χ0v) is 22.8. The van der Waals surface area contributed by atoms with E-state index in [-0.39, 0.29) is 16.7 Å². The highest BCUT2D eigenvalue weighted by Gasteiger charge is 2.48. The zero-order valence-electron chi connectivity index (χ0n) is 22.8. The topological polar surface area (TPSA) is 74.0 Å². The van der Waals surface area contributed by atoms with Gasteiger partial charge >= 0.3 is 0 Å². The smallest absolute Gasteiger partial charge is 0.300 e. The van der Waals surface area contributed by atoms with Gasteiger partial charge in [-0.15, -0.1) is 0 Å². The number of Topliss-reactive ketones (excluding diaryl/α,β-unsaturated/α-hetero) is 1. The fourth-order valence-electron chi connectivity index (χ4n) is 5.39. The molecule has 1 unspecified atom stereocenters. The number of ketones is 1. The van der Waals surface area contributed by atoms with Gasteiger partial charge in [-0.2, -0.15) is 0 Å². The molecule has 0 radical (unpaired) electrons. The molecule has 1 amide bonds. The van der Waals surface area contributed by atoms with E-state index in [1.54, 1.807) is 12.1 Å². The summed E-state index contributed by atoms with van der Waals surface area (Å²) in [7, 11) is 0. The Balaban J connectivity index is 1.58. The van der Waals surface area contributed by atoms with Crippen LogP contribution >= 0.6 is 0 Å². The average Bonchev–Trinajstić information content (AvgIpc) is 3.51. The van der Waals surface area contributed by atoms with Crippen molar-refractivity contribution < 1.29 is 19.1 Å². The summed E-state index contributed by atoms with van der Waals surface area (Å²) in [5.41, 5.74) is 3.96. The molecule has 0 bridgehead atoms. The molecule has 1 atom stereocenters. The Labute approximate surface area is 224 Å². The molecule has 5 rings (SSSR count). The van der Waals surface area contributed by atoms with Gasteiger partial charge in [0.05, 0.1) is 11.8 Å². The highest BCUT2D eigenvalue weighted by atomic mass is 16.3. The van der Waals surface area contributed by atoms with E-state index in [4.69, 9.17) is 4.42 Å². The molecule has 3 aromatic rings. The molecule has 0 aliphatic carbocycles. The van der Waals surface area contributed by atoms with Gasteiger partial charge in [0.1, 0.15) is 17.6 Å². The molecule has 2 aromatic carbocycles. The quantitative estimate of drug-likeness (QED) is 0.238. The molecule has 2 fully saturated rings. The van der Waals surface area contributed by atoms with Crippen LogP contribution in [-0.2, 0) is 15.0 Å². The molecule has 3 heterocycles. The third-order valence-electron chi connectivity index (χ3n) is 7.89. The average molecular weight is 513 g/mol. The Kier molecular flexibility index (Phi) is 6.68. The van der Waals surface area contributed by atoms with Gasteiger partial charge in [-0.25, -0.2) is 0 Å². The van der Waals surface area contributed by atoms with Crippen LogP contribution in [0.25, 0.3) is 5.76 Å². The Hall–Kier alpha value is -3.80. The molecule has 0 saturated carbocycles. The second-order valence-corrected chi connectivity index (χ2v) is 11.7. The number of furan rings is 1. The standard InChI is InChI=1S/C32H36N2O4/c1-20-14-16-33(17-15-20)23-10-12-24(13-11-23)34-28(26-7-6-18-38-26)27(30(36)31(34)37)29(35)25-19-22(32(3,4)5)9-8-21(25)2/h6-13,18-20,28,35H,14-17H2,1-5H3/b29-27+. The molecular formula is C32H36N2O4. The van der Waals surface area contributed by atoms with Gasteiger partial charge in [-0.05, 0) is 84.7 Å². The maximum Gasteiger partial charge on any atom is 0.300 e. The molecule has 2 saturated heterocycles. The predicted octanol–water partition coefficient (Wildman–Crippen LogP) is 6.75. The first-order valence-electron chi connectivity index (χ1n) is 13.4. The number of rotatable bonds is 4. The third-order valence-corrected chi connectivity index (χ3v) is 7.89. The highest BCUT2D eigenvalue weighted by Crippen LogP contribution is 2.43. The number of nitrogens with zero attached hydrogens (tertiary/aromatic N) is 2. The van der Waals surface area contributed by atoms with Gasteiger partial charge in [0.15, 0.2) is 0 Å². The van der Waals surface area contributed by atoms with E-state index in [0.29, 0.717) is 17.0 Å². The van der Waals surface area contributed by atoms with E-state index >= 15 is 0 Å². The lowest BCUT2D eigenvalue weighted by molar-refractivity contribution is -0.132. The van der Waals surface area contributed by atoms with Gasteiger partial charge in [0.25, 0.3) is 11.7 Å². The van der Waals surface area contributed by atoms with E-state index in [1.165, 1.54) is 11.2 Å². The summed E-state index contributed by atoms with van der Waals surface area (Å²) in [6, 6.07) is 16.2. The lowest BCUT2D eigenvalue weighted by atomic mass is 9.84. The van der Waals surface area contributed by atoms with Crippen LogP contribution in [0.4, 0.5) is 11.4 Å². The molecule has 2 aliphatic heterocycles. The number of anilines is 2. The van der Waals surface area contributed by atoms with Crippen LogP contribution in [0.1, 0.15) is 69.0 Å². The summed E-state index contributed by atoms with van der Waals surface area (Å²) in [6.45, 7) is 12.5. The number of carbonyl (C=O) groups is 2. The van der Waals surface area contributed by atoms with E-state index in [0.717, 1.165) is 48.7 Å². The van der Waals surface area contributed by atoms with E-state index in [2.05, 4.69) is 32.6 Å². The first-order chi connectivity index (χ1) is 18.1. The van der Waals surface area contributed by atoms with Crippen molar-refractivity contribution in [3.05, 3.63) is 88.9 Å². The lowest BCUT2D eigenvalue weighted by Gasteiger charge is -2.32. The molecular weight excluding hydrogens is 476 g/mol. The van der Waals surface area contributed by atoms with Crippen LogP contribution in [-0.4, -0.2) is 29.9 Å². The van der Waals surface area contributed by atoms with Crippen LogP contribution in [0.3, 0.4) is 0 Å². The normalized spacial score (nSPS) is 20.4. The molecule has 2 aliphatic rings. The number of aryl methyl sites for hydroxylation is 1. The van der Waals surface area contributed by atoms with Crippen molar-refractivity contribution in [1.82, 2.24) is 0 Å². The van der Waals surface area contributed by atoms with Crippen LogP contribution in [0.15, 0.2) is 70.9 Å². The number of hydrogen-bond acceptors (Lipinski definition) is 5. The number of benzene rings is 2. The Morgan fingerprint density at radius 1 is 0.974 bits per heavy atom. The number of aliphatic hydroxyl groups excluding tert-OH is 1. The van der Waals surface area contributed by atoms with Gasteiger partial charge in [-0.1, -0.05) is 39.8 Å². The van der Waals surface area contributed by atoms with Crippen molar-refractivity contribution in [1.29, 1.82) is 0 Å². The SMILES string of the molecule is Cc1ccc(C(C)(C)C)cc1/C(O)=C1\C(=O)C(=O)N(c2ccc(N3CCC(C)CC3)cc2)C1c1ccco1. The molecule has 6 heteroatoms. The summed E-state index contributed by atoms with van der Waals surface area (Å²) < 4.78 is 5.72. The third kappa shape index (κ3) is 4.64. The van der Waals surface area contributed by atoms with Crippen LogP contribution in [0, 0.1) is 12.8 Å². The predicted molar refractivity (Wildman–Crippen MR) is 150 cm³/mol. The summed E-state index contributed by atoms with van der Waals surface area (Å²) in [4.78, 5) is 30.8. The van der Waals surface area contributed by atoms with Gasteiger partial charge in [0.2, 0.25) is 0 Å². The van der Waals surface area contributed by atoms with Gasteiger partial charge < -0.3 is 14.4 Å². The number of hydrogen-bond donors (Lipinski definition) is 1. The number of aliphatic hydroxyl groups is 1. The minimum absolute atomic E-state index is 0.0354. The maximum absolute atomic E-state index is 13.5. The Morgan fingerprint density at radius 2 is 1.63 bits per heavy atom. The van der Waals surface area contributed by atoms with Gasteiger partial charge in [0, 0.05) is 30.0 Å².